The summed E-state index contributed by atoms with van der Waals surface area (Å²) in [5.41, 5.74) is -0.772. The summed E-state index contributed by atoms with van der Waals surface area (Å²) in [6, 6.07) is 21.5. The molecule has 3 aliphatic heterocycles. The average molecular weight is 508 g/mol. The van der Waals surface area contributed by atoms with Crippen LogP contribution in [0.3, 0.4) is 0 Å². The molecular weight excluding hydrogens is 482 g/mol. The number of amides is 2. The molecule has 3 saturated heterocycles. The third kappa shape index (κ3) is 3.21. The van der Waals surface area contributed by atoms with Gasteiger partial charge in [0.05, 0.1) is 59.1 Å². The molecule has 0 radical (unpaired) electrons. The van der Waals surface area contributed by atoms with E-state index in [9.17, 15) is 20.0 Å². The fraction of sp³-hybridized carbons (Fsp3) is 0.333. The zero-order chi connectivity index (χ0) is 26.7. The molecule has 3 aromatic rings. The van der Waals surface area contributed by atoms with Gasteiger partial charge in [-0.25, -0.2) is 4.90 Å². The number of benzene rings is 3. The Balaban J connectivity index is 1.36. The van der Waals surface area contributed by atoms with Crippen molar-refractivity contribution in [2.75, 3.05) is 11.5 Å². The summed E-state index contributed by atoms with van der Waals surface area (Å²) in [5.74, 6) is -1.72. The van der Waals surface area contributed by atoms with E-state index < -0.39 is 29.1 Å². The molecule has 8 nitrogen and oxygen atoms in total. The van der Waals surface area contributed by atoms with Crippen molar-refractivity contribution < 1.29 is 24.2 Å². The summed E-state index contributed by atoms with van der Waals surface area (Å²) in [6.07, 6.45) is 0.0421. The van der Waals surface area contributed by atoms with Gasteiger partial charge in [0.15, 0.2) is 0 Å². The Kier molecular flexibility index (Phi) is 5.50. The van der Waals surface area contributed by atoms with Crippen LogP contribution >= 0.6 is 0 Å². The SMILES string of the molecule is CC[C@]12O[C@](CCOc3ccc(C#N)cc3)(C[C@@H]1O)[C@H]1C(=O)N(c3ccc(C#N)c4ccccc34)C(=O)[C@H]12. The van der Waals surface area contributed by atoms with Crippen LogP contribution in [0, 0.1) is 34.5 Å². The summed E-state index contributed by atoms with van der Waals surface area (Å²) >= 11 is 0. The lowest BCUT2D eigenvalue weighted by molar-refractivity contribution is -0.137. The summed E-state index contributed by atoms with van der Waals surface area (Å²) < 4.78 is 12.4. The third-order valence-electron chi connectivity index (χ3n) is 8.49. The monoisotopic (exact) mass is 507 g/mol. The van der Waals surface area contributed by atoms with Crippen LogP contribution in [0.4, 0.5) is 5.69 Å². The molecule has 1 N–H and O–H groups in total. The Labute approximate surface area is 219 Å². The highest BCUT2D eigenvalue weighted by molar-refractivity contribution is 6.26. The zero-order valence-corrected chi connectivity index (χ0v) is 20.8. The molecule has 3 aromatic carbocycles. The maximum absolute atomic E-state index is 14.1. The number of nitriles is 2. The van der Waals surface area contributed by atoms with Gasteiger partial charge in [-0.3, -0.25) is 9.59 Å². The topological polar surface area (TPSA) is 124 Å². The highest BCUT2D eigenvalue weighted by atomic mass is 16.6. The molecule has 2 bridgehead atoms. The number of nitrogens with zero attached hydrogens (tertiary/aromatic N) is 3. The molecule has 0 spiro atoms. The van der Waals surface area contributed by atoms with Gasteiger partial charge in [-0.2, -0.15) is 10.5 Å². The lowest BCUT2D eigenvalue weighted by Crippen LogP contribution is -2.51. The maximum atomic E-state index is 14.1. The Hall–Kier alpha value is -4.24. The zero-order valence-electron chi connectivity index (χ0n) is 20.8. The molecule has 8 heteroatoms. The van der Waals surface area contributed by atoms with Gasteiger partial charge in [-0.05, 0) is 42.8 Å². The highest BCUT2D eigenvalue weighted by Gasteiger charge is 2.77. The minimum absolute atomic E-state index is 0.211. The molecule has 6 rings (SSSR count). The van der Waals surface area contributed by atoms with E-state index >= 15 is 0 Å². The second-order valence-electron chi connectivity index (χ2n) is 10.2. The van der Waals surface area contributed by atoms with Gasteiger partial charge >= 0.3 is 0 Å². The van der Waals surface area contributed by atoms with Crippen LogP contribution in [0.2, 0.25) is 0 Å². The van der Waals surface area contributed by atoms with Gasteiger partial charge in [0, 0.05) is 23.6 Å². The van der Waals surface area contributed by atoms with Crippen molar-refractivity contribution in [1.29, 1.82) is 10.5 Å². The summed E-state index contributed by atoms with van der Waals surface area (Å²) in [7, 11) is 0. The number of carbonyl (C=O) groups excluding carboxylic acids is 2. The second-order valence-corrected chi connectivity index (χ2v) is 10.2. The van der Waals surface area contributed by atoms with Crippen LogP contribution in [-0.4, -0.2) is 40.8 Å². The Morgan fingerprint density at radius 2 is 1.71 bits per heavy atom. The first kappa shape index (κ1) is 24.1. The largest absolute Gasteiger partial charge is 0.493 e. The van der Waals surface area contributed by atoms with Crippen molar-refractivity contribution in [2.45, 2.75) is 43.5 Å². The van der Waals surface area contributed by atoms with Crippen LogP contribution in [0.1, 0.15) is 37.3 Å². The first-order valence-corrected chi connectivity index (χ1v) is 12.7. The van der Waals surface area contributed by atoms with Gasteiger partial charge in [-0.1, -0.05) is 31.2 Å². The molecule has 190 valence electrons. The normalized spacial score (nSPS) is 29.4. The van der Waals surface area contributed by atoms with E-state index in [-0.39, 0.29) is 24.8 Å². The number of anilines is 1. The number of hydrogen-bond acceptors (Lipinski definition) is 7. The molecule has 3 heterocycles. The molecule has 3 aliphatic rings. The van der Waals surface area contributed by atoms with Crippen molar-refractivity contribution in [1.82, 2.24) is 0 Å². The van der Waals surface area contributed by atoms with Gasteiger partial charge in [0.1, 0.15) is 11.4 Å². The van der Waals surface area contributed by atoms with Crippen molar-refractivity contribution in [3.63, 3.8) is 0 Å². The van der Waals surface area contributed by atoms with Crippen molar-refractivity contribution in [3.8, 4) is 17.9 Å². The first-order chi connectivity index (χ1) is 18.4. The van der Waals surface area contributed by atoms with E-state index in [4.69, 9.17) is 14.7 Å². The van der Waals surface area contributed by atoms with E-state index in [0.717, 1.165) is 0 Å². The maximum Gasteiger partial charge on any atom is 0.240 e. The lowest BCUT2D eigenvalue weighted by Gasteiger charge is -2.34. The molecular formula is C30H25N3O5. The predicted octanol–water partition coefficient (Wildman–Crippen LogP) is 3.84. The van der Waals surface area contributed by atoms with Gasteiger partial charge in [0.25, 0.3) is 0 Å². The van der Waals surface area contributed by atoms with E-state index in [1.54, 1.807) is 48.5 Å². The molecule has 0 aliphatic carbocycles. The quantitative estimate of drug-likeness (QED) is 0.503. The van der Waals surface area contributed by atoms with E-state index in [1.165, 1.54) is 4.90 Å². The third-order valence-corrected chi connectivity index (χ3v) is 8.49. The van der Waals surface area contributed by atoms with Crippen LogP contribution < -0.4 is 9.64 Å². The molecule has 5 atom stereocenters. The number of imide groups is 1. The summed E-state index contributed by atoms with van der Waals surface area (Å²) in [4.78, 5) is 29.3. The fourth-order valence-corrected chi connectivity index (χ4v) is 6.76. The van der Waals surface area contributed by atoms with Crippen LogP contribution in [0.15, 0.2) is 60.7 Å². The first-order valence-electron chi connectivity index (χ1n) is 12.7. The predicted molar refractivity (Wildman–Crippen MR) is 137 cm³/mol. The second kappa shape index (κ2) is 8.66. The van der Waals surface area contributed by atoms with Crippen molar-refractivity contribution in [2.24, 2.45) is 11.8 Å². The van der Waals surface area contributed by atoms with Gasteiger partial charge in [0.2, 0.25) is 11.8 Å². The molecule has 0 saturated carbocycles. The lowest BCUT2D eigenvalue weighted by atomic mass is 9.64. The Morgan fingerprint density at radius 1 is 1.00 bits per heavy atom. The van der Waals surface area contributed by atoms with Crippen molar-refractivity contribution >= 4 is 28.3 Å². The molecule has 3 fully saturated rings. The van der Waals surface area contributed by atoms with Gasteiger partial charge < -0.3 is 14.6 Å². The number of aliphatic hydroxyl groups excluding tert-OH is 1. The molecule has 38 heavy (non-hydrogen) atoms. The van der Waals surface area contributed by atoms with E-state index in [2.05, 4.69) is 12.1 Å². The van der Waals surface area contributed by atoms with Crippen LogP contribution in [0.25, 0.3) is 10.8 Å². The molecule has 0 unspecified atom stereocenters. The smallest absolute Gasteiger partial charge is 0.240 e. The molecule has 0 aromatic heterocycles. The van der Waals surface area contributed by atoms with E-state index in [1.807, 2.05) is 19.1 Å². The van der Waals surface area contributed by atoms with Crippen molar-refractivity contribution in [3.05, 3.63) is 71.8 Å². The molecule has 2 amide bonds. The number of hydrogen-bond donors (Lipinski definition) is 1. The number of fused-ring (bicyclic) bond motifs is 6. The number of ether oxygens (including phenoxy) is 2. The average Bonchev–Trinajstić information content (AvgIpc) is 3.51. The minimum atomic E-state index is -1.15. The Morgan fingerprint density at radius 3 is 2.39 bits per heavy atom. The number of rotatable bonds is 6. The highest BCUT2D eigenvalue weighted by Crippen LogP contribution is 2.63. The van der Waals surface area contributed by atoms with Crippen LogP contribution in [0.5, 0.6) is 5.75 Å². The summed E-state index contributed by atoms with van der Waals surface area (Å²) in [5, 5.41) is 31.0. The fourth-order valence-electron chi connectivity index (χ4n) is 6.76. The number of aliphatic hydroxyl groups is 1. The van der Waals surface area contributed by atoms with Crippen LogP contribution in [-0.2, 0) is 14.3 Å². The van der Waals surface area contributed by atoms with E-state index in [0.29, 0.717) is 46.2 Å². The summed E-state index contributed by atoms with van der Waals surface area (Å²) in [6.45, 7) is 2.08. The number of carbonyl (C=O) groups is 2. The Bertz CT molecular complexity index is 1550. The standard InChI is InChI=1S/C30H25N3O5/c1-2-30-24(34)15-29(38-30,13-14-37-20-10-7-18(16-31)8-11-20)25-26(30)28(36)33(27(25)35)23-12-9-19(17-32)21-5-3-4-6-22(21)23/h3-12,24-26,34H,2,13-15H2,1H3/t24-,25+,26-,29+,30-/m0/s1. The van der Waals surface area contributed by atoms with Gasteiger partial charge in [-0.15, -0.1) is 0 Å². The minimum Gasteiger partial charge on any atom is -0.493 e.